The molecule has 3 N–H and O–H groups in total. The van der Waals surface area contributed by atoms with Crippen LogP contribution >= 0.6 is 24.0 Å². The maximum Gasteiger partial charge on any atom is 0.223 e. The van der Waals surface area contributed by atoms with Gasteiger partial charge in [0, 0.05) is 31.0 Å². The summed E-state index contributed by atoms with van der Waals surface area (Å²) in [7, 11) is 3.27. The molecule has 1 aromatic rings. The SMILES string of the molecule is CCNC(=NCC(C)(C)c1ccc(OC)c(OC)c1)NCCNC(=O)C1CC1.I. The zero-order chi connectivity index (χ0) is 20.6. The quantitative estimate of drug-likeness (QED) is 0.192. The second-order valence-corrected chi connectivity index (χ2v) is 7.64. The summed E-state index contributed by atoms with van der Waals surface area (Å²) in [6, 6.07) is 5.97. The Balaban J connectivity index is 0.00000420. The van der Waals surface area contributed by atoms with Gasteiger partial charge in [-0.3, -0.25) is 9.79 Å². The van der Waals surface area contributed by atoms with E-state index in [1.165, 1.54) is 0 Å². The number of halogens is 1. The molecule has 1 saturated carbocycles. The van der Waals surface area contributed by atoms with Crippen molar-refractivity contribution < 1.29 is 14.3 Å². The zero-order valence-corrected chi connectivity index (χ0v) is 20.5. The van der Waals surface area contributed by atoms with Gasteiger partial charge >= 0.3 is 0 Å². The molecule has 1 aliphatic rings. The van der Waals surface area contributed by atoms with Gasteiger partial charge in [-0.15, -0.1) is 24.0 Å². The number of amides is 1. The molecule has 0 bridgehead atoms. The molecule has 0 aliphatic heterocycles. The molecule has 0 aromatic heterocycles. The average Bonchev–Trinajstić information content (AvgIpc) is 3.53. The first-order valence-electron chi connectivity index (χ1n) is 9.93. The lowest BCUT2D eigenvalue weighted by atomic mass is 9.84. The standard InChI is InChI=1S/C21H34N4O3.HI/c1-6-22-20(24-12-11-23-19(26)15-7-8-15)25-14-21(2,3)16-9-10-17(27-4)18(13-16)28-5;/h9-10,13,15H,6-8,11-12,14H2,1-5H3,(H,23,26)(H2,22,24,25);1H. The van der Waals surface area contributed by atoms with Crippen molar-refractivity contribution in [2.45, 2.75) is 39.0 Å². The van der Waals surface area contributed by atoms with Crippen molar-refractivity contribution in [3.05, 3.63) is 23.8 Å². The highest BCUT2D eigenvalue weighted by atomic mass is 127. The number of aliphatic imine (C=N–C) groups is 1. The molecule has 0 heterocycles. The number of ether oxygens (including phenoxy) is 2. The fourth-order valence-electron chi connectivity index (χ4n) is 2.82. The van der Waals surface area contributed by atoms with Crippen molar-refractivity contribution >= 4 is 35.8 Å². The smallest absolute Gasteiger partial charge is 0.223 e. The van der Waals surface area contributed by atoms with E-state index < -0.39 is 0 Å². The Kier molecular flexibility index (Phi) is 10.6. The van der Waals surface area contributed by atoms with Crippen LogP contribution in [0.15, 0.2) is 23.2 Å². The van der Waals surface area contributed by atoms with Crippen LogP contribution in [0.3, 0.4) is 0 Å². The third-order valence-electron chi connectivity index (χ3n) is 4.81. The molecule has 1 amide bonds. The van der Waals surface area contributed by atoms with Crippen molar-refractivity contribution in [3.8, 4) is 11.5 Å². The van der Waals surface area contributed by atoms with Crippen molar-refractivity contribution in [2.75, 3.05) is 40.4 Å². The van der Waals surface area contributed by atoms with Crippen LogP contribution in [-0.2, 0) is 10.2 Å². The van der Waals surface area contributed by atoms with Crippen LogP contribution in [0.4, 0.5) is 0 Å². The van der Waals surface area contributed by atoms with E-state index in [9.17, 15) is 4.79 Å². The number of nitrogens with zero attached hydrogens (tertiary/aromatic N) is 1. The lowest BCUT2D eigenvalue weighted by Gasteiger charge is -2.25. The minimum atomic E-state index is -0.178. The van der Waals surface area contributed by atoms with Gasteiger partial charge in [-0.1, -0.05) is 19.9 Å². The molecule has 7 nitrogen and oxygen atoms in total. The Hall–Kier alpha value is -1.71. The highest BCUT2D eigenvalue weighted by Crippen LogP contribution is 2.33. The lowest BCUT2D eigenvalue weighted by molar-refractivity contribution is -0.122. The molecular weight excluding hydrogens is 483 g/mol. The van der Waals surface area contributed by atoms with E-state index in [2.05, 4.69) is 29.8 Å². The molecule has 164 valence electrons. The Bertz CT molecular complexity index is 691. The largest absolute Gasteiger partial charge is 0.493 e. The summed E-state index contributed by atoms with van der Waals surface area (Å²) in [6.07, 6.45) is 2.04. The summed E-state index contributed by atoms with van der Waals surface area (Å²) in [4.78, 5) is 16.4. The summed E-state index contributed by atoms with van der Waals surface area (Å²) in [5, 5.41) is 9.49. The van der Waals surface area contributed by atoms with Crippen molar-refractivity contribution in [1.82, 2.24) is 16.0 Å². The van der Waals surface area contributed by atoms with E-state index in [0.717, 1.165) is 30.9 Å². The third-order valence-corrected chi connectivity index (χ3v) is 4.81. The molecule has 1 aliphatic carbocycles. The molecule has 1 aromatic carbocycles. The van der Waals surface area contributed by atoms with Crippen LogP contribution in [0, 0.1) is 5.92 Å². The van der Waals surface area contributed by atoms with Crippen LogP contribution in [0.1, 0.15) is 39.2 Å². The Morgan fingerprint density at radius 2 is 1.76 bits per heavy atom. The minimum Gasteiger partial charge on any atom is -0.493 e. The summed E-state index contributed by atoms with van der Waals surface area (Å²) in [5.74, 6) is 2.58. The Morgan fingerprint density at radius 3 is 2.34 bits per heavy atom. The molecule has 0 unspecified atom stereocenters. The lowest BCUT2D eigenvalue weighted by Crippen LogP contribution is -2.42. The van der Waals surface area contributed by atoms with Crippen LogP contribution in [0.2, 0.25) is 0 Å². The van der Waals surface area contributed by atoms with Gasteiger partial charge in [0.05, 0.1) is 20.8 Å². The van der Waals surface area contributed by atoms with Crippen molar-refractivity contribution in [2.24, 2.45) is 10.9 Å². The number of guanidine groups is 1. The number of rotatable bonds is 10. The molecule has 0 saturated heterocycles. The van der Waals surface area contributed by atoms with Gasteiger partial charge in [-0.2, -0.15) is 0 Å². The van der Waals surface area contributed by atoms with Gasteiger partial charge < -0.3 is 25.4 Å². The number of carbonyl (C=O) groups is 1. The highest BCUT2D eigenvalue weighted by molar-refractivity contribution is 14.0. The van der Waals surface area contributed by atoms with Crippen LogP contribution in [0.5, 0.6) is 11.5 Å². The molecule has 8 heteroatoms. The maximum atomic E-state index is 11.7. The van der Waals surface area contributed by atoms with E-state index in [1.807, 2.05) is 25.1 Å². The summed E-state index contributed by atoms with van der Waals surface area (Å²) in [6.45, 7) is 8.95. The zero-order valence-electron chi connectivity index (χ0n) is 18.1. The molecule has 1 fully saturated rings. The van der Waals surface area contributed by atoms with Gasteiger partial charge in [-0.25, -0.2) is 0 Å². The van der Waals surface area contributed by atoms with Gasteiger partial charge in [0.15, 0.2) is 17.5 Å². The molecule has 2 rings (SSSR count). The van der Waals surface area contributed by atoms with E-state index in [4.69, 9.17) is 14.5 Å². The number of nitrogens with one attached hydrogen (secondary N) is 3. The number of hydrogen-bond acceptors (Lipinski definition) is 4. The van der Waals surface area contributed by atoms with Crippen LogP contribution in [-0.4, -0.2) is 52.3 Å². The van der Waals surface area contributed by atoms with E-state index in [0.29, 0.717) is 31.1 Å². The second kappa shape index (κ2) is 12.1. The Morgan fingerprint density at radius 1 is 1.10 bits per heavy atom. The van der Waals surface area contributed by atoms with Gasteiger partial charge in [0.25, 0.3) is 0 Å². The van der Waals surface area contributed by atoms with E-state index in [-0.39, 0.29) is 41.2 Å². The summed E-state index contributed by atoms with van der Waals surface area (Å²) in [5.41, 5.74) is 0.948. The molecule has 0 spiro atoms. The fraction of sp³-hybridized carbons (Fsp3) is 0.619. The number of methoxy groups -OCH3 is 2. The summed E-state index contributed by atoms with van der Waals surface area (Å²) < 4.78 is 10.7. The van der Waals surface area contributed by atoms with Crippen LogP contribution in [0.25, 0.3) is 0 Å². The van der Waals surface area contributed by atoms with Crippen molar-refractivity contribution in [1.29, 1.82) is 0 Å². The predicted octanol–water partition coefficient (Wildman–Crippen LogP) is 2.68. The monoisotopic (exact) mass is 518 g/mol. The predicted molar refractivity (Wildman–Crippen MR) is 128 cm³/mol. The number of carbonyl (C=O) groups excluding carboxylic acids is 1. The highest BCUT2D eigenvalue weighted by Gasteiger charge is 2.29. The molecular formula is C21H35IN4O3. The van der Waals surface area contributed by atoms with Gasteiger partial charge in [0.1, 0.15) is 0 Å². The Labute approximate surface area is 191 Å². The summed E-state index contributed by atoms with van der Waals surface area (Å²) >= 11 is 0. The molecule has 29 heavy (non-hydrogen) atoms. The first kappa shape index (κ1) is 25.3. The fourth-order valence-corrected chi connectivity index (χ4v) is 2.82. The first-order valence-corrected chi connectivity index (χ1v) is 9.93. The number of hydrogen-bond donors (Lipinski definition) is 3. The van der Waals surface area contributed by atoms with E-state index in [1.54, 1.807) is 14.2 Å². The second-order valence-electron chi connectivity index (χ2n) is 7.64. The average molecular weight is 518 g/mol. The number of benzene rings is 1. The molecule has 0 atom stereocenters. The maximum absolute atomic E-state index is 11.7. The van der Waals surface area contributed by atoms with Crippen molar-refractivity contribution in [3.63, 3.8) is 0 Å². The topological polar surface area (TPSA) is 84.0 Å². The molecule has 0 radical (unpaired) electrons. The first-order chi connectivity index (χ1) is 13.4. The van der Waals surface area contributed by atoms with E-state index >= 15 is 0 Å². The van der Waals surface area contributed by atoms with Gasteiger partial charge in [0.2, 0.25) is 5.91 Å². The van der Waals surface area contributed by atoms with Gasteiger partial charge in [-0.05, 0) is 37.5 Å². The minimum absolute atomic E-state index is 0. The third kappa shape index (κ3) is 7.91. The van der Waals surface area contributed by atoms with Crippen LogP contribution < -0.4 is 25.4 Å². The normalized spacial score (nSPS) is 13.9.